The highest BCUT2D eigenvalue weighted by molar-refractivity contribution is 5.85. The van der Waals surface area contributed by atoms with Gasteiger partial charge >= 0.3 is 0 Å². The first-order valence-electron chi connectivity index (χ1n) is 6.50. The molecule has 5 nitrogen and oxygen atoms in total. The number of ether oxygens (including phenoxy) is 1. The molecule has 0 heterocycles. The number of oxime groups is 1. The van der Waals surface area contributed by atoms with Crippen molar-refractivity contribution >= 4 is 5.84 Å². The first-order chi connectivity index (χ1) is 8.25. The van der Waals surface area contributed by atoms with Gasteiger partial charge in [0.15, 0.2) is 0 Å². The molecular formula is C13H27N3O2. The SMILES string of the molecule is COC1CC(NCCC(C)(C)C(N)=NO)C1(C)C. The van der Waals surface area contributed by atoms with E-state index in [1.54, 1.807) is 7.11 Å². The number of rotatable bonds is 6. The normalized spacial score (nSPS) is 27.9. The lowest BCUT2D eigenvalue weighted by Crippen LogP contribution is -2.61. The Bertz CT molecular complexity index is 313. The van der Waals surface area contributed by atoms with Crippen LogP contribution in [0.3, 0.4) is 0 Å². The van der Waals surface area contributed by atoms with Crippen LogP contribution in [-0.2, 0) is 4.74 Å². The fourth-order valence-electron chi connectivity index (χ4n) is 2.45. The molecule has 0 spiro atoms. The Morgan fingerprint density at radius 3 is 2.61 bits per heavy atom. The molecule has 18 heavy (non-hydrogen) atoms. The van der Waals surface area contributed by atoms with Gasteiger partial charge in [0.2, 0.25) is 0 Å². The maximum absolute atomic E-state index is 8.71. The smallest absolute Gasteiger partial charge is 0.144 e. The van der Waals surface area contributed by atoms with Crippen LogP contribution in [0.5, 0.6) is 0 Å². The van der Waals surface area contributed by atoms with Gasteiger partial charge in [-0.1, -0.05) is 32.9 Å². The Balaban J connectivity index is 2.36. The van der Waals surface area contributed by atoms with Crippen LogP contribution in [-0.4, -0.2) is 36.8 Å². The van der Waals surface area contributed by atoms with Crippen LogP contribution in [0.1, 0.15) is 40.5 Å². The summed E-state index contributed by atoms with van der Waals surface area (Å²) in [5.74, 6) is 0.284. The van der Waals surface area contributed by atoms with Crippen molar-refractivity contribution in [3.05, 3.63) is 0 Å². The van der Waals surface area contributed by atoms with E-state index in [1.807, 2.05) is 13.8 Å². The van der Waals surface area contributed by atoms with E-state index in [2.05, 4.69) is 24.3 Å². The molecule has 2 unspecified atom stereocenters. The van der Waals surface area contributed by atoms with Crippen molar-refractivity contribution in [2.75, 3.05) is 13.7 Å². The lowest BCUT2D eigenvalue weighted by molar-refractivity contribution is -0.0975. The Hall–Kier alpha value is -0.810. The number of amidine groups is 1. The monoisotopic (exact) mass is 257 g/mol. The molecule has 0 aromatic heterocycles. The summed E-state index contributed by atoms with van der Waals surface area (Å²) < 4.78 is 5.42. The second kappa shape index (κ2) is 5.45. The first-order valence-corrected chi connectivity index (χ1v) is 6.50. The van der Waals surface area contributed by atoms with Crippen molar-refractivity contribution in [3.8, 4) is 0 Å². The standard InChI is InChI=1S/C13H27N3O2/c1-12(2,11(14)16-17)6-7-15-9-8-10(18-5)13(9,3)4/h9-10,15,17H,6-8H2,1-5H3,(H2,14,16). The van der Waals surface area contributed by atoms with Crippen LogP contribution < -0.4 is 11.1 Å². The summed E-state index contributed by atoms with van der Waals surface area (Å²) >= 11 is 0. The van der Waals surface area contributed by atoms with Gasteiger partial charge in [0.25, 0.3) is 0 Å². The summed E-state index contributed by atoms with van der Waals surface area (Å²) in [5.41, 5.74) is 5.56. The van der Waals surface area contributed by atoms with Gasteiger partial charge in [-0.2, -0.15) is 0 Å². The first kappa shape index (κ1) is 15.2. The zero-order valence-electron chi connectivity index (χ0n) is 12.2. The molecule has 1 fully saturated rings. The number of hydrogen-bond acceptors (Lipinski definition) is 4. The predicted octanol–water partition coefficient (Wildman–Crippen LogP) is 1.55. The van der Waals surface area contributed by atoms with Gasteiger partial charge in [0, 0.05) is 24.0 Å². The molecule has 1 aliphatic rings. The largest absolute Gasteiger partial charge is 0.409 e. The Kier molecular flexibility index (Phi) is 4.61. The molecule has 1 rings (SSSR count). The third-order valence-electron chi connectivity index (χ3n) is 4.40. The van der Waals surface area contributed by atoms with Crippen LogP contribution in [0, 0.1) is 10.8 Å². The molecular weight excluding hydrogens is 230 g/mol. The Morgan fingerprint density at radius 2 is 2.17 bits per heavy atom. The van der Waals surface area contributed by atoms with Gasteiger partial charge < -0.3 is 21.0 Å². The third kappa shape index (κ3) is 2.95. The summed E-state index contributed by atoms with van der Waals surface area (Å²) in [6.45, 7) is 9.25. The fourth-order valence-corrected chi connectivity index (χ4v) is 2.45. The minimum atomic E-state index is -0.281. The molecule has 1 saturated carbocycles. The van der Waals surface area contributed by atoms with Crippen LogP contribution in [0.25, 0.3) is 0 Å². The van der Waals surface area contributed by atoms with E-state index in [-0.39, 0.29) is 16.7 Å². The molecule has 4 N–H and O–H groups in total. The van der Waals surface area contributed by atoms with Gasteiger partial charge in [-0.25, -0.2) is 0 Å². The number of methoxy groups -OCH3 is 1. The zero-order chi connectivity index (χ0) is 14.0. The molecule has 1 aliphatic carbocycles. The van der Waals surface area contributed by atoms with E-state index in [1.165, 1.54) is 0 Å². The molecule has 0 aliphatic heterocycles. The van der Waals surface area contributed by atoms with Gasteiger partial charge in [-0.15, -0.1) is 0 Å². The summed E-state index contributed by atoms with van der Waals surface area (Å²) in [6.07, 6.45) is 2.23. The molecule has 0 aromatic carbocycles. The van der Waals surface area contributed by atoms with Crippen molar-refractivity contribution in [2.45, 2.75) is 52.7 Å². The zero-order valence-corrected chi connectivity index (χ0v) is 12.2. The van der Waals surface area contributed by atoms with Crippen molar-refractivity contribution in [1.29, 1.82) is 0 Å². The van der Waals surface area contributed by atoms with Crippen molar-refractivity contribution < 1.29 is 9.94 Å². The molecule has 0 amide bonds. The van der Waals surface area contributed by atoms with Crippen LogP contribution >= 0.6 is 0 Å². The number of nitrogens with two attached hydrogens (primary N) is 1. The molecule has 0 radical (unpaired) electrons. The van der Waals surface area contributed by atoms with Crippen molar-refractivity contribution in [1.82, 2.24) is 5.32 Å². The van der Waals surface area contributed by atoms with Gasteiger partial charge in [-0.05, 0) is 19.4 Å². The maximum Gasteiger partial charge on any atom is 0.144 e. The van der Waals surface area contributed by atoms with E-state index in [0.717, 1.165) is 19.4 Å². The highest BCUT2D eigenvalue weighted by Gasteiger charge is 2.48. The van der Waals surface area contributed by atoms with Crippen molar-refractivity contribution in [3.63, 3.8) is 0 Å². The molecule has 106 valence electrons. The molecule has 0 aromatic rings. The number of nitrogens with zero attached hydrogens (tertiary/aromatic N) is 1. The lowest BCUT2D eigenvalue weighted by atomic mass is 9.64. The average Bonchev–Trinajstić information content (AvgIpc) is 2.31. The maximum atomic E-state index is 8.71. The topological polar surface area (TPSA) is 79.9 Å². The van der Waals surface area contributed by atoms with Gasteiger partial charge in [-0.3, -0.25) is 0 Å². The molecule has 5 heteroatoms. The Morgan fingerprint density at radius 1 is 1.56 bits per heavy atom. The van der Waals surface area contributed by atoms with Gasteiger partial charge in [0.1, 0.15) is 5.84 Å². The van der Waals surface area contributed by atoms with E-state index in [0.29, 0.717) is 12.1 Å². The summed E-state index contributed by atoms with van der Waals surface area (Å²) in [4.78, 5) is 0. The summed E-state index contributed by atoms with van der Waals surface area (Å²) in [5, 5.41) is 15.3. The quantitative estimate of drug-likeness (QED) is 0.292. The van der Waals surface area contributed by atoms with Gasteiger partial charge in [0.05, 0.1) is 6.10 Å². The highest BCUT2D eigenvalue weighted by atomic mass is 16.5. The van der Waals surface area contributed by atoms with E-state index in [4.69, 9.17) is 15.7 Å². The lowest BCUT2D eigenvalue weighted by Gasteiger charge is -2.51. The van der Waals surface area contributed by atoms with Crippen LogP contribution in [0.2, 0.25) is 0 Å². The third-order valence-corrected chi connectivity index (χ3v) is 4.40. The molecule has 2 atom stereocenters. The van der Waals surface area contributed by atoms with E-state index in [9.17, 15) is 0 Å². The summed E-state index contributed by atoms with van der Waals surface area (Å²) in [7, 11) is 1.77. The Labute approximate surface area is 110 Å². The van der Waals surface area contributed by atoms with E-state index < -0.39 is 0 Å². The predicted molar refractivity (Wildman–Crippen MR) is 72.8 cm³/mol. The second-order valence-electron chi connectivity index (χ2n) is 6.41. The molecule has 0 bridgehead atoms. The minimum Gasteiger partial charge on any atom is -0.409 e. The number of nitrogens with one attached hydrogen (secondary N) is 1. The van der Waals surface area contributed by atoms with Crippen molar-refractivity contribution in [2.24, 2.45) is 21.7 Å². The fraction of sp³-hybridized carbons (Fsp3) is 0.923. The minimum absolute atomic E-state index is 0.176. The molecule has 0 saturated heterocycles. The van der Waals surface area contributed by atoms with Crippen LogP contribution in [0.15, 0.2) is 5.16 Å². The average molecular weight is 257 g/mol. The second-order valence-corrected chi connectivity index (χ2v) is 6.41. The number of hydrogen-bond donors (Lipinski definition) is 3. The summed E-state index contributed by atoms with van der Waals surface area (Å²) in [6, 6.07) is 0.477. The van der Waals surface area contributed by atoms with E-state index >= 15 is 0 Å². The van der Waals surface area contributed by atoms with Crippen LogP contribution in [0.4, 0.5) is 0 Å². The highest BCUT2D eigenvalue weighted by Crippen LogP contribution is 2.42.